The van der Waals surface area contributed by atoms with Crippen LogP contribution in [-0.4, -0.2) is 16.8 Å². The normalized spacial score (nSPS) is 11.0. The van der Waals surface area contributed by atoms with Gasteiger partial charge in [-0.25, -0.2) is 10.1 Å². The van der Waals surface area contributed by atoms with E-state index in [0.29, 0.717) is 0 Å². The van der Waals surface area contributed by atoms with Gasteiger partial charge in [-0.05, 0) is 39.0 Å². The Morgan fingerprint density at radius 1 is 1.31 bits per heavy atom. The van der Waals surface area contributed by atoms with Crippen molar-refractivity contribution >= 4 is 5.97 Å². The second kappa shape index (κ2) is 4.96. The van der Waals surface area contributed by atoms with E-state index in [4.69, 9.17) is 10.1 Å². The molecule has 0 spiro atoms. The predicted molar refractivity (Wildman–Crippen MR) is 56.0 cm³/mol. The molecule has 0 unspecified atom stereocenters. The predicted octanol–water partition coefficient (Wildman–Crippen LogP) is 2.43. The standard InChI is InChI=1S/C11H14O5/c1-11(2,3)16-15-10(12)8-5-4-6-9(7-8)14-13/h4-7,13H,1-3H3. The highest BCUT2D eigenvalue weighted by molar-refractivity contribution is 5.89. The molecule has 0 saturated carbocycles. The number of hydrogen-bond acceptors (Lipinski definition) is 5. The van der Waals surface area contributed by atoms with Crippen LogP contribution in [0.1, 0.15) is 31.1 Å². The molecule has 0 heterocycles. The van der Waals surface area contributed by atoms with Crippen LogP contribution in [0.15, 0.2) is 24.3 Å². The van der Waals surface area contributed by atoms with Gasteiger partial charge < -0.3 is 4.89 Å². The molecule has 0 bridgehead atoms. The average Bonchev–Trinajstić information content (AvgIpc) is 2.25. The molecule has 5 heteroatoms. The summed E-state index contributed by atoms with van der Waals surface area (Å²) in [5.74, 6) is -0.487. The SMILES string of the molecule is CC(C)(C)OOC(=O)c1cccc(OO)c1. The Morgan fingerprint density at radius 2 is 2.00 bits per heavy atom. The molecular formula is C11H14O5. The molecule has 1 aromatic rings. The summed E-state index contributed by atoms with van der Waals surface area (Å²) in [4.78, 5) is 25.0. The summed E-state index contributed by atoms with van der Waals surface area (Å²) in [6.45, 7) is 5.27. The van der Waals surface area contributed by atoms with Crippen LogP contribution in [0.3, 0.4) is 0 Å². The lowest BCUT2D eigenvalue weighted by molar-refractivity contribution is -0.301. The van der Waals surface area contributed by atoms with E-state index in [1.54, 1.807) is 26.8 Å². The summed E-state index contributed by atoms with van der Waals surface area (Å²) >= 11 is 0. The monoisotopic (exact) mass is 226 g/mol. The van der Waals surface area contributed by atoms with Crippen LogP contribution >= 0.6 is 0 Å². The van der Waals surface area contributed by atoms with E-state index in [1.807, 2.05) is 0 Å². The van der Waals surface area contributed by atoms with E-state index in [0.717, 1.165) is 0 Å². The lowest BCUT2D eigenvalue weighted by Gasteiger charge is -2.16. The third kappa shape index (κ3) is 3.88. The summed E-state index contributed by atoms with van der Waals surface area (Å²) in [6, 6.07) is 5.92. The topological polar surface area (TPSA) is 65.0 Å². The van der Waals surface area contributed by atoms with Crippen LogP contribution in [0.5, 0.6) is 5.75 Å². The molecular weight excluding hydrogens is 212 g/mol. The van der Waals surface area contributed by atoms with Crippen LogP contribution in [-0.2, 0) is 9.78 Å². The highest BCUT2D eigenvalue weighted by Gasteiger charge is 2.16. The molecule has 88 valence electrons. The molecule has 1 rings (SSSR count). The molecule has 5 nitrogen and oxygen atoms in total. The first-order valence-corrected chi connectivity index (χ1v) is 4.74. The van der Waals surface area contributed by atoms with Crippen molar-refractivity contribution in [2.45, 2.75) is 26.4 Å². The van der Waals surface area contributed by atoms with Gasteiger partial charge in [-0.2, -0.15) is 4.89 Å². The number of carbonyl (C=O) groups excluding carboxylic acids is 1. The first kappa shape index (κ1) is 12.5. The molecule has 0 atom stereocenters. The maximum atomic E-state index is 11.5. The van der Waals surface area contributed by atoms with Gasteiger partial charge in [0.05, 0.1) is 5.56 Å². The van der Waals surface area contributed by atoms with Crippen LogP contribution < -0.4 is 4.89 Å². The Labute approximate surface area is 93.4 Å². The fraction of sp³-hybridized carbons (Fsp3) is 0.364. The molecule has 0 fully saturated rings. The Kier molecular flexibility index (Phi) is 3.87. The van der Waals surface area contributed by atoms with Crippen molar-refractivity contribution in [3.8, 4) is 5.75 Å². The quantitative estimate of drug-likeness (QED) is 0.633. The van der Waals surface area contributed by atoms with Gasteiger partial charge in [0.15, 0.2) is 5.75 Å². The largest absolute Gasteiger partial charge is 0.373 e. The van der Waals surface area contributed by atoms with Crippen molar-refractivity contribution in [3.05, 3.63) is 29.8 Å². The van der Waals surface area contributed by atoms with Crippen molar-refractivity contribution in [2.24, 2.45) is 0 Å². The Balaban J connectivity index is 2.66. The minimum atomic E-state index is -0.645. The Morgan fingerprint density at radius 3 is 2.56 bits per heavy atom. The zero-order chi connectivity index (χ0) is 12.2. The average molecular weight is 226 g/mol. The third-order valence-corrected chi connectivity index (χ3v) is 1.54. The first-order chi connectivity index (χ1) is 7.42. The maximum absolute atomic E-state index is 11.5. The summed E-state index contributed by atoms with van der Waals surface area (Å²) in [5.41, 5.74) is -0.336. The molecule has 0 amide bonds. The smallest absolute Gasteiger partial charge is 0.340 e. The lowest BCUT2D eigenvalue weighted by atomic mass is 10.2. The van der Waals surface area contributed by atoms with Crippen LogP contribution in [0.4, 0.5) is 0 Å². The molecule has 0 aliphatic carbocycles. The van der Waals surface area contributed by atoms with Crippen LogP contribution in [0, 0.1) is 0 Å². The van der Waals surface area contributed by atoms with Crippen molar-refractivity contribution in [2.75, 3.05) is 0 Å². The van der Waals surface area contributed by atoms with E-state index in [-0.39, 0.29) is 11.3 Å². The first-order valence-electron chi connectivity index (χ1n) is 4.74. The van der Waals surface area contributed by atoms with Gasteiger partial charge in [0.2, 0.25) is 0 Å². The summed E-state index contributed by atoms with van der Waals surface area (Å²) < 4.78 is 0. The van der Waals surface area contributed by atoms with Gasteiger partial charge in [-0.15, -0.1) is 0 Å². The van der Waals surface area contributed by atoms with E-state index in [9.17, 15) is 4.79 Å². The molecule has 16 heavy (non-hydrogen) atoms. The molecule has 0 aromatic heterocycles. The van der Waals surface area contributed by atoms with Crippen molar-refractivity contribution < 1.29 is 24.7 Å². The van der Waals surface area contributed by atoms with E-state index in [2.05, 4.69) is 9.78 Å². The van der Waals surface area contributed by atoms with Crippen LogP contribution in [0.25, 0.3) is 0 Å². The highest BCUT2D eigenvalue weighted by Crippen LogP contribution is 2.15. The molecule has 0 saturated heterocycles. The van der Waals surface area contributed by atoms with Gasteiger partial charge in [0, 0.05) is 0 Å². The van der Waals surface area contributed by atoms with Crippen molar-refractivity contribution in [1.29, 1.82) is 0 Å². The third-order valence-electron chi connectivity index (χ3n) is 1.54. The summed E-state index contributed by atoms with van der Waals surface area (Å²) in [7, 11) is 0. The minimum absolute atomic E-state index is 0.158. The second-order valence-electron chi connectivity index (χ2n) is 4.19. The number of rotatable bonds is 3. The minimum Gasteiger partial charge on any atom is -0.340 e. The fourth-order valence-electron chi connectivity index (χ4n) is 0.891. The maximum Gasteiger partial charge on any atom is 0.373 e. The zero-order valence-corrected chi connectivity index (χ0v) is 9.39. The van der Waals surface area contributed by atoms with Gasteiger partial charge in [0.25, 0.3) is 0 Å². The number of benzene rings is 1. The Hall–Kier alpha value is -1.59. The fourth-order valence-corrected chi connectivity index (χ4v) is 0.891. The molecule has 0 aliphatic rings. The lowest BCUT2D eigenvalue weighted by Crippen LogP contribution is -2.21. The van der Waals surface area contributed by atoms with Crippen LogP contribution in [0.2, 0.25) is 0 Å². The molecule has 0 aliphatic heterocycles. The molecule has 1 aromatic carbocycles. The highest BCUT2D eigenvalue weighted by atomic mass is 17.2. The number of carbonyl (C=O) groups is 1. The van der Waals surface area contributed by atoms with E-state index >= 15 is 0 Å². The zero-order valence-electron chi connectivity index (χ0n) is 9.39. The molecule has 1 N–H and O–H groups in total. The summed E-state index contributed by atoms with van der Waals surface area (Å²) in [6.07, 6.45) is 0. The number of hydrogen-bond donors (Lipinski definition) is 1. The van der Waals surface area contributed by atoms with Gasteiger partial charge in [0.1, 0.15) is 5.60 Å². The Bertz CT molecular complexity index is 367. The van der Waals surface area contributed by atoms with E-state index < -0.39 is 11.6 Å². The van der Waals surface area contributed by atoms with Gasteiger partial charge in [-0.3, -0.25) is 4.89 Å². The summed E-state index contributed by atoms with van der Waals surface area (Å²) in [5, 5.41) is 8.42. The second-order valence-corrected chi connectivity index (χ2v) is 4.19. The van der Waals surface area contributed by atoms with Crippen molar-refractivity contribution in [1.82, 2.24) is 0 Å². The van der Waals surface area contributed by atoms with Gasteiger partial charge >= 0.3 is 5.97 Å². The molecule has 0 radical (unpaired) electrons. The van der Waals surface area contributed by atoms with Crippen molar-refractivity contribution in [3.63, 3.8) is 0 Å². The van der Waals surface area contributed by atoms with E-state index in [1.165, 1.54) is 18.2 Å². The van der Waals surface area contributed by atoms with Gasteiger partial charge in [-0.1, -0.05) is 6.07 Å².